The number of fused-ring (bicyclic) bond motifs is 1. The molecule has 0 bridgehead atoms. The number of hydrogen-bond donors (Lipinski definition) is 2. The second-order valence-electron chi connectivity index (χ2n) is 4.03. The lowest BCUT2D eigenvalue weighted by Gasteiger charge is -2.11. The van der Waals surface area contributed by atoms with E-state index in [9.17, 15) is 9.59 Å². The number of hydrogen-bond acceptors (Lipinski definition) is 2. The molecule has 88 valence electrons. The Labute approximate surface area is 98.2 Å². The standard InChI is InChI=1S/C13H12O4/c14-12(15)7-11(13(16)17)10-6-5-8-3-1-2-4-9(8)10/h1-4,7,10H,5-6H2,(H,14,15)(H,16,17)/b11-7-. The first kappa shape index (κ1) is 11.4. The highest BCUT2D eigenvalue weighted by Gasteiger charge is 2.29. The number of rotatable bonds is 3. The van der Waals surface area contributed by atoms with Gasteiger partial charge in [0.05, 0.1) is 5.57 Å². The Hall–Kier alpha value is -2.10. The molecule has 4 nitrogen and oxygen atoms in total. The Kier molecular flexibility index (Phi) is 2.95. The molecule has 1 aliphatic carbocycles. The molecule has 0 heterocycles. The molecule has 1 atom stereocenters. The van der Waals surface area contributed by atoms with Crippen LogP contribution in [0, 0.1) is 0 Å². The highest BCUT2D eigenvalue weighted by molar-refractivity contribution is 5.96. The minimum atomic E-state index is -1.22. The topological polar surface area (TPSA) is 74.6 Å². The average Bonchev–Trinajstić information content (AvgIpc) is 2.69. The average molecular weight is 232 g/mol. The molecule has 0 saturated carbocycles. The number of carboxylic acid groups (broad SMARTS) is 2. The molecule has 0 aromatic heterocycles. The molecule has 0 amide bonds. The highest BCUT2D eigenvalue weighted by Crippen LogP contribution is 2.38. The number of carbonyl (C=O) groups is 2. The van der Waals surface area contributed by atoms with Crippen LogP contribution in [0.4, 0.5) is 0 Å². The lowest BCUT2D eigenvalue weighted by molar-refractivity contribution is -0.135. The van der Waals surface area contributed by atoms with Crippen LogP contribution in [-0.4, -0.2) is 22.2 Å². The summed E-state index contributed by atoms with van der Waals surface area (Å²) >= 11 is 0. The third-order valence-corrected chi connectivity index (χ3v) is 3.03. The van der Waals surface area contributed by atoms with Gasteiger partial charge in [-0.05, 0) is 24.0 Å². The van der Waals surface area contributed by atoms with Gasteiger partial charge in [-0.3, -0.25) is 0 Å². The fourth-order valence-corrected chi connectivity index (χ4v) is 2.32. The van der Waals surface area contributed by atoms with E-state index in [1.165, 1.54) is 0 Å². The molecule has 2 N–H and O–H groups in total. The number of benzene rings is 1. The number of aliphatic carboxylic acids is 2. The van der Waals surface area contributed by atoms with Crippen molar-refractivity contribution in [1.82, 2.24) is 0 Å². The SMILES string of the molecule is O=C(O)/C=C(\C(=O)O)C1CCc2ccccc21. The summed E-state index contributed by atoms with van der Waals surface area (Å²) in [6.45, 7) is 0. The van der Waals surface area contributed by atoms with E-state index in [2.05, 4.69) is 0 Å². The van der Waals surface area contributed by atoms with Crippen molar-refractivity contribution < 1.29 is 19.8 Å². The Morgan fingerprint density at radius 2 is 1.94 bits per heavy atom. The predicted octanol–water partition coefficient (Wildman–Crippen LogP) is 1.81. The third-order valence-electron chi connectivity index (χ3n) is 3.03. The summed E-state index contributed by atoms with van der Waals surface area (Å²) in [5, 5.41) is 17.8. The van der Waals surface area contributed by atoms with E-state index in [1.54, 1.807) is 0 Å². The van der Waals surface area contributed by atoms with Gasteiger partial charge < -0.3 is 10.2 Å². The molecule has 0 radical (unpaired) electrons. The molecule has 0 spiro atoms. The lowest BCUT2D eigenvalue weighted by Crippen LogP contribution is -2.11. The fraction of sp³-hybridized carbons (Fsp3) is 0.231. The summed E-state index contributed by atoms with van der Waals surface area (Å²) in [6, 6.07) is 7.57. The maximum atomic E-state index is 11.1. The van der Waals surface area contributed by atoms with E-state index in [1.807, 2.05) is 24.3 Å². The Morgan fingerprint density at radius 1 is 1.24 bits per heavy atom. The monoisotopic (exact) mass is 232 g/mol. The van der Waals surface area contributed by atoms with Crippen molar-refractivity contribution in [2.24, 2.45) is 0 Å². The van der Waals surface area contributed by atoms with Crippen molar-refractivity contribution in [3.63, 3.8) is 0 Å². The van der Waals surface area contributed by atoms with Gasteiger partial charge in [0.1, 0.15) is 0 Å². The van der Waals surface area contributed by atoms with Crippen LogP contribution >= 0.6 is 0 Å². The summed E-state index contributed by atoms with van der Waals surface area (Å²) < 4.78 is 0. The van der Waals surface area contributed by atoms with Crippen LogP contribution < -0.4 is 0 Å². The van der Waals surface area contributed by atoms with Crippen LogP contribution in [-0.2, 0) is 16.0 Å². The van der Waals surface area contributed by atoms with Gasteiger partial charge in [0.25, 0.3) is 0 Å². The van der Waals surface area contributed by atoms with Gasteiger partial charge in [0.2, 0.25) is 0 Å². The second-order valence-corrected chi connectivity index (χ2v) is 4.03. The second kappa shape index (κ2) is 4.41. The molecule has 1 aliphatic rings. The summed E-state index contributed by atoms with van der Waals surface area (Å²) in [6.07, 6.45) is 2.25. The molecule has 0 aliphatic heterocycles. The van der Waals surface area contributed by atoms with Crippen LogP contribution in [0.1, 0.15) is 23.5 Å². The van der Waals surface area contributed by atoms with E-state index in [0.717, 1.165) is 23.6 Å². The van der Waals surface area contributed by atoms with Crippen LogP contribution in [0.15, 0.2) is 35.9 Å². The van der Waals surface area contributed by atoms with E-state index >= 15 is 0 Å². The maximum Gasteiger partial charge on any atom is 0.332 e. The lowest BCUT2D eigenvalue weighted by atomic mass is 9.92. The first-order chi connectivity index (χ1) is 8.09. The van der Waals surface area contributed by atoms with E-state index in [0.29, 0.717) is 6.42 Å². The van der Waals surface area contributed by atoms with E-state index in [-0.39, 0.29) is 11.5 Å². The molecule has 1 unspecified atom stereocenters. The van der Waals surface area contributed by atoms with Crippen LogP contribution in [0.25, 0.3) is 0 Å². The minimum absolute atomic E-state index is 0.0394. The molecule has 17 heavy (non-hydrogen) atoms. The van der Waals surface area contributed by atoms with Gasteiger partial charge in [0, 0.05) is 12.0 Å². The van der Waals surface area contributed by atoms with Crippen molar-refractivity contribution in [2.75, 3.05) is 0 Å². The van der Waals surface area contributed by atoms with Crippen LogP contribution in [0.5, 0.6) is 0 Å². The van der Waals surface area contributed by atoms with Crippen molar-refractivity contribution in [1.29, 1.82) is 0 Å². The molecule has 1 aromatic carbocycles. The normalized spacial score (nSPS) is 18.8. The minimum Gasteiger partial charge on any atom is -0.478 e. The molecular weight excluding hydrogens is 220 g/mol. The van der Waals surface area contributed by atoms with Gasteiger partial charge in [-0.15, -0.1) is 0 Å². The van der Waals surface area contributed by atoms with Crippen molar-refractivity contribution in [3.8, 4) is 0 Å². The molecule has 0 saturated heterocycles. The predicted molar refractivity (Wildman–Crippen MR) is 60.9 cm³/mol. The third kappa shape index (κ3) is 2.20. The van der Waals surface area contributed by atoms with Gasteiger partial charge in [-0.2, -0.15) is 0 Å². The van der Waals surface area contributed by atoms with Gasteiger partial charge >= 0.3 is 11.9 Å². The molecule has 0 fully saturated rings. The van der Waals surface area contributed by atoms with Gasteiger partial charge in [-0.1, -0.05) is 24.3 Å². The Morgan fingerprint density at radius 3 is 2.59 bits per heavy atom. The zero-order valence-electron chi connectivity index (χ0n) is 9.09. The quantitative estimate of drug-likeness (QED) is 0.779. The van der Waals surface area contributed by atoms with E-state index in [4.69, 9.17) is 10.2 Å². The summed E-state index contributed by atoms with van der Waals surface area (Å²) in [7, 11) is 0. The van der Waals surface area contributed by atoms with Crippen molar-refractivity contribution >= 4 is 11.9 Å². The number of carboxylic acids is 2. The smallest absolute Gasteiger partial charge is 0.332 e. The summed E-state index contributed by atoms with van der Waals surface area (Å²) in [5.74, 6) is -2.68. The van der Waals surface area contributed by atoms with Crippen molar-refractivity contribution in [3.05, 3.63) is 47.0 Å². The zero-order valence-corrected chi connectivity index (χ0v) is 9.09. The zero-order chi connectivity index (χ0) is 12.4. The first-order valence-electron chi connectivity index (χ1n) is 5.35. The largest absolute Gasteiger partial charge is 0.478 e. The van der Waals surface area contributed by atoms with Gasteiger partial charge in [-0.25, -0.2) is 9.59 Å². The van der Waals surface area contributed by atoms with Crippen molar-refractivity contribution in [2.45, 2.75) is 18.8 Å². The van der Waals surface area contributed by atoms with E-state index < -0.39 is 11.9 Å². The fourth-order valence-electron chi connectivity index (χ4n) is 2.32. The first-order valence-corrected chi connectivity index (χ1v) is 5.35. The molecular formula is C13H12O4. The highest BCUT2D eigenvalue weighted by atomic mass is 16.4. The summed E-state index contributed by atoms with van der Waals surface area (Å²) in [4.78, 5) is 21.7. The van der Waals surface area contributed by atoms with Crippen LogP contribution in [0.3, 0.4) is 0 Å². The maximum absolute atomic E-state index is 11.1. The van der Waals surface area contributed by atoms with Crippen LogP contribution in [0.2, 0.25) is 0 Å². The number of aryl methyl sites for hydroxylation is 1. The Bertz CT molecular complexity index is 502. The molecule has 2 rings (SSSR count). The van der Waals surface area contributed by atoms with Gasteiger partial charge in [0.15, 0.2) is 0 Å². The molecule has 4 heteroatoms. The molecule has 1 aromatic rings. The summed E-state index contributed by atoms with van der Waals surface area (Å²) in [5.41, 5.74) is 2.00. The Balaban J connectivity index is 2.41.